The lowest BCUT2D eigenvalue weighted by atomic mass is 10.0. The Labute approximate surface area is 123 Å². The summed E-state index contributed by atoms with van der Waals surface area (Å²) in [5.41, 5.74) is 2.74. The molecule has 1 heterocycles. The molecule has 20 heavy (non-hydrogen) atoms. The fourth-order valence-corrected chi connectivity index (χ4v) is 2.55. The van der Waals surface area contributed by atoms with Gasteiger partial charge in [0.15, 0.2) is 0 Å². The van der Waals surface area contributed by atoms with Crippen molar-refractivity contribution in [2.45, 2.75) is 52.0 Å². The van der Waals surface area contributed by atoms with Crippen LogP contribution in [0.1, 0.15) is 43.7 Å². The molecule has 110 valence electrons. The Bertz CT molecular complexity index is 422. The molecule has 0 saturated heterocycles. The second-order valence-electron chi connectivity index (χ2n) is 5.63. The first-order valence-corrected chi connectivity index (χ1v) is 7.91. The van der Waals surface area contributed by atoms with Crippen LogP contribution in [0, 0.1) is 6.92 Å². The monoisotopic (exact) mass is 273 g/mol. The van der Waals surface area contributed by atoms with Crippen molar-refractivity contribution >= 4 is 0 Å². The van der Waals surface area contributed by atoms with Crippen LogP contribution in [0.2, 0.25) is 0 Å². The van der Waals surface area contributed by atoms with E-state index in [-0.39, 0.29) is 0 Å². The van der Waals surface area contributed by atoms with Gasteiger partial charge in [0.1, 0.15) is 5.76 Å². The summed E-state index contributed by atoms with van der Waals surface area (Å²) in [6.45, 7) is 6.27. The van der Waals surface area contributed by atoms with E-state index >= 15 is 0 Å². The predicted molar refractivity (Wildman–Crippen MR) is 84.9 cm³/mol. The number of ether oxygens (including phenoxy) is 1. The van der Waals surface area contributed by atoms with E-state index in [2.05, 4.69) is 49.5 Å². The van der Waals surface area contributed by atoms with Gasteiger partial charge in [-0.15, -0.1) is 0 Å². The molecule has 2 heteroatoms. The molecule has 1 aromatic carbocycles. The van der Waals surface area contributed by atoms with Crippen molar-refractivity contribution in [3.05, 3.63) is 47.2 Å². The SMILES string of the molecule is CCCNC(CCc1ccc(C)cc1)C1=CCCCO1. The van der Waals surface area contributed by atoms with Gasteiger partial charge < -0.3 is 10.1 Å². The van der Waals surface area contributed by atoms with E-state index in [0.717, 1.165) is 51.0 Å². The number of aryl methyl sites for hydroxylation is 2. The highest BCUT2D eigenvalue weighted by Gasteiger charge is 2.17. The summed E-state index contributed by atoms with van der Waals surface area (Å²) in [6.07, 6.45) is 7.95. The normalized spacial score (nSPS) is 16.4. The Morgan fingerprint density at radius 2 is 2.05 bits per heavy atom. The van der Waals surface area contributed by atoms with Crippen LogP contribution in [0.5, 0.6) is 0 Å². The molecular formula is C18H27NO. The van der Waals surface area contributed by atoms with Crippen LogP contribution in [-0.2, 0) is 11.2 Å². The first-order chi connectivity index (χ1) is 9.79. The number of rotatable bonds is 7. The van der Waals surface area contributed by atoms with Crippen molar-refractivity contribution < 1.29 is 4.74 Å². The summed E-state index contributed by atoms with van der Waals surface area (Å²) in [5, 5.41) is 3.63. The second-order valence-corrected chi connectivity index (χ2v) is 5.63. The molecule has 1 aliphatic rings. The molecule has 1 unspecified atom stereocenters. The van der Waals surface area contributed by atoms with Gasteiger partial charge in [-0.05, 0) is 57.2 Å². The quantitative estimate of drug-likeness (QED) is 0.811. The molecular weight excluding hydrogens is 246 g/mol. The fraction of sp³-hybridized carbons (Fsp3) is 0.556. The van der Waals surface area contributed by atoms with Crippen LogP contribution in [0.3, 0.4) is 0 Å². The molecule has 1 aliphatic heterocycles. The summed E-state index contributed by atoms with van der Waals surface area (Å²) < 4.78 is 5.84. The van der Waals surface area contributed by atoms with E-state index in [4.69, 9.17) is 4.74 Å². The maximum Gasteiger partial charge on any atom is 0.109 e. The van der Waals surface area contributed by atoms with Crippen molar-refractivity contribution in [1.29, 1.82) is 0 Å². The van der Waals surface area contributed by atoms with E-state index in [1.165, 1.54) is 11.1 Å². The molecule has 0 bridgehead atoms. The minimum atomic E-state index is 0.372. The fourth-order valence-electron chi connectivity index (χ4n) is 2.55. The van der Waals surface area contributed by atoms with Gasteiger partial charge in [0.05, 0.1) is 12.6 Å². The van der Waals surface area contributed by atoms with Crippen molar-refractivity contribution in [3.63, 3.8) is 0 Å². The van der Waals surface area contributed by atoms with Gasteiger partial charge in [-0.3, -0.25) is 0 Å². The average molecular weight is 273 g/mol. The zero-order valence-corrected chi connectivity index (χ0v) is 12.8. The zero-order valence-electron chi connectivity index (χ0n) is 12.8. The lowest BCUT2D eigenvalue weighted by Gasteiger charge is -2.25. The van der Waals surface area contributed by atoms with Gasteiger partial charge in [-0.25, -0.2) is 0 Å². The van der Waals surface area contributed by atoms with Crippen LogP contribution in [0.15, 0.2) is 36.1 Å². The van der Waals surface area contributed by atoms with E-state index in [1.54, 1.807) is 0 Å². The molecule has 0 amide bonds. The van der Waals surface area contributed by atoms with Crippen LogP contribution in [0.4, 0.5) is 0 Å². The maximum absolute atomic E-state index is 5.84. The number of hydrogen-bond donors (Lipinski definition) is 1. The number of benzene rings is 1. The molecule has 0 aromatic heterocycles. The predicted octanol–water partition coefficient (Wildman–Crippen LogP) is 3.99. The van der Waals surface area contributed by atoms with Crippen LogP contribution < -0.4 is 5.32 Å². The lowest BCUT2D eigenvalue weighted by molar-refractivity contribution is 0.165. The third-order valence-corrected chi connectivity index (χ3v) is 3.79. The number of hydrogen-bond acceptors (Lipinski definition) is 2. The Kier molecular flexibility index (Phi) is 6.13. The molecule has 1 aromatic rings. The van der Waals surface area contributed by atoms with Crippen LogP contribution in [0.25, 0.3) is 0 Å². The van der Waals surface area contributed by atoms with Gasteiger partial charge in [-0.1, -0.05) is 36.8 Å². The molecule has 0 radical (unpaired) electrons. The minimum absolute atomic E-state index is 0.372. The van der Waals surface area contributed by atoms with E-state index in [1.807, 2.05) is 0 Å². The molecule has 1 N–H and O–H groups in total. The van der Waals surface area contributed by atoms with Crippen LogP contribution >= 0.6 is 0 Å². The Balaban J connectivity index is 1.92. The van der Waals surface area contributed by atoms with Crippen molar-refractivity contribution in [3.8, 4) is 0 Å². The van der Waals surface area contributed by atoms with E-state index < -0.39 is 0 Å². The molecule has 1 atom stereocenters. The molecule has 0 fully saturated rings. The van der Waals surface area contributed by atoms with Crippen molar-refractivity contribution in [1.82, 2.24) is 5.32 Å². The Morgan fingerprint density at radius 3 is 2.70 bits per heavy atom. The molecule has 0 saturated carbocycles. The van der Waals surface area contributed by atoms with E-state index in [9.17, 15) is 0 Å². The summed E-state index contributed by atoms with van der Waals surface area (Å²) in [4.78, 5) is 0. The summed E-state index contributed by atoms with van der Waals surface area (Å²) in [7, 11) is 0. The number of allylic oxidation sites excluding steroid dienone is 1. The van der Waals surface area contributed by atoms with Gasteiger partial charge in [0.2, 0.25) is 0 Å². The van der Waals surface area contributed by atoms with Gasteiger partial charge >= 0.3 is 0 Å². The number of nitrogens with one attached hydrogen (secondary N) is 1. The highest BCUT2D eigenvalue weighted by molar-refractivity contribution is 5.22. The lowest BCUT2D eigenvalue weighted by Crippen LogP contribution is -2.34. The zero-order chi connectivity index (χ0) is 14.2. The highest BCUT2D eigenvalue weighted by atomic mass is 16.5. The van der Waals surface area contributed by atoms with Crippen molar-refractivity contribution in [2.75, 3.05) is 13.2 Å². The average Bonchev–Trinajstić information content (AvgIpc) is 2.50. The largest absolute Gasteiger partial charge is 0.497 e. The smallest absolute Gasteiger partial charge is 0.109 e. The third kappa shape index (κ3) is 4.68. The topological polar surface area (TPSA) is 21.3 Å². The molecule has 2 rings (SSSR count). The summed E-state index contributed by atoms with van der Waals surface area (Å²) in [6, 6.07) is 9.24. The standard InChI is InChI=1S/C18H27NO/c1-3-13-19-17(18-6-4-5-14-20-18)12-11-16-9-7-15(2)8-10-16/h6-10,17,19H,3-5,11-14H2,1-2H3. The van der Waals surface area contributed by atoms with Gasteiger partial charge in [0.25, 0.3) is 0 Å². The highest BCUT2D eigenvalue weighted by Crippen LogP contribution is 2.18. The van der Waals surface area contributed by atoms with Crippen LogP contribution in [-0.4, -0.2) is 19.2 Å². The van der Waals surface area contributed by atoms with Crippen molar-refractivity contribution in [2.24, 2.45) is 0 Å². The van der Waals surface area contributed by atoms with Gasteiger partial charge in [0, 0.05) is 0 Å². The minimum Gasteiger partial charge on any atom is -0.497 e. The third-order valence-electron chi connectivity index (χ3n) is 3.79. The maximum atomic E-state index is 5.84. The second kappa shape index (κ2) is 8.11. The molecule has 2 nitrogen and oxygen atoms in total. The Morgan fingerprint density at radius 1 is 1.25 bits per heavy atom. The van der Waals surface area contributed by atoms with Gasteiger partial charge in [-0.2, -0.15) is 0 Å². The molecule has 0 aliphatic carbocycles. The first-order valence-electron chi connectivity index (χ1n) is 7.91. The molecule has 0 spiro atoms. The Hall–Kier alpha value is -1.28. The summed E-state index contributed by atoms with van der Waals surface area (Å²) >= 11 is 0. The summed E-state index contributed by atoms with van der Waals surface area (Å²) in [5.74, 6) is 1.16. The first kappa shape index (κ1) is 15.1. The van der Waals surface area contributed by atoms with E-state index in [0.29, 0.717) is 6.04 Å².